The number of ether oxygens (including phenoxy) is 1. The molecule has 0 radical (unpaired) electrons. The molecule has 0 aliphatic carbocycles. The summed E-state index contributed by atoms with van der Waals surface area (Å²) in [6.45, 7) is 3.85. The second-order valence-electron chi connectivity index (χ2n) is 5.21. The predicted octanol–water partition coefficient (Wildman–Crippen LogP) is 2.89. The number of rotatable bonds is 5. The summed E-state index contributed by atoms with van der Waals surface area (Å²) in [5.41, 5.74) is 3.11. The lowest BCUT2D eigenvalue weighted by Crippen LogP contribution is -2.24. The summed E-state index contributed by atoms with van der Waals surface area (Å²) in [6, 6.07) is 12.8. The van der Waals surface area contributed by atoms with Gasteiger partial charge in [0.1, 0.15) is 5.75 Å². The van der Waals surface area contributed by atoms with Crippen LogP contribution in [0.15, 0.2) is 42.5 Å². The van der Waals surface area contributed by atoms with E-state index in [-0.39, 0.29) is 11.8 Å². The van der Waals surface area contributed by atoms with Gasteiger partial charge in [-0.3, -0.25) is 9.59 Å². The highest BCUT2D eigenvalue weighted by atomic mass is 16.5. The average molecular weight is 312 g/mol. The topological polar surface area (TPSA) is 67.4 Å². The van der Waals surface area contributed by atoms with Crippen LogP contribution in [0.2, 0.25) is 0 Å². The van der Waals surface area contributed by atoms with E-state index in [0.717, 1.165) is 11.1 Å². The molecule has 2 aromatic carbocycles. The summed E-state index contributed by atoms with van der Waals surface area (Å²) in [5, 5.41) is 5.54. The fraction of sp³-hybridized carbons (Fsp3) is 0.222. The van der Waals surface area contributed by atoms with Crippen molar-refractivity contribution in [3.8, 4) is 5.75 Å². The van der Waals surface area contributed by atoms with E-state index in [0.29, 0.717) is 23.5 Å². The Kier molecular flexibility index (Phi) is 5.36. The molecule has 0 saturated carbocycles. The van der Waals surface area contributed by atoms with Crippen molar-refractivity contribution in [1.82, 2.24) is 5.32 Å². The molecule has 2 aromatic rings. The standard InChI is InChI=1S/C18H20N2O3/c1-12-6-4-5-7-14(12)11-19-18(22)16-10-15(20-13(2)21)8-9-17(16)23-3/h4-10H,11H2,1-3H3,(H,19,22)(H,20,21). The number of nitrogens with one attached hydrogen (secondary N) is 2. The van der Waals surface area contributed by atoms with Crippen molar-refractivity contribution in [3.05, 3.63) is 59.2 Å². The van der Waals surface area contributed by atoms with E-state index in [1.165, 1.54) is 14.0 Å². The first-order valence-electron chi connectivity index (χ1n) is 7.29. The molecule has 0 aliphatic heterocycles. The van der Waals surface area contributed by atoms with Crippen molar-refractivity contribution in [2.45, 2.75) is 20.4 Å². The Morgan fingerprint density at radius 3 is 2.52 bits per heavy atom. The highest BCUT2D eigenvalue weighted by molar-refractivity contribution is 5.99. The van der Waals surface area contributed by atoms with Gasteiger partial charge in [-0.05, 0) is 36.2 Å². The summed E-state index contributed by atoms with van der Waals surface area (Å²) in [7, 11) is 1.51. The lowest BCUT2D eigenvalue weighted by Gasteiger charge is -2.12. The van der Waals surface area contributed by atoms with Crippen LogP contribution in [0.5, 0.6) is 5.75 Å². The van der Waals surface area contributed by atoms with Gasteiger partial charge in [-0.2, -0.15) is 0 Å². The number of anilines is 1. The van der Waals surface area contributed by atoms with E-state index in [9.17, 15) is 9.59 Å². The van der Waals surface area contributed by atoms with Gasteiger partial charge in [0.25, 0.3) is 5.91 Å². The first-order valence-corrected chi connectivity index (χ1v) is 7.29. The van der Waals surface area contributed by atoms with Crippen molar-refractivity contribution in [2.24, 2.45) is 0 Å². The van der Waals surface area contributed by atoms with Gasteiger partial charge in [-0.15, -0.1) is 0 Å². The van der Waals surface area contributed by atoms with Crippen LogP contribution >= 0.6 is 0 Å². The molecule has 0 saturated heterocycles. The lowest BCUT2D eigenvalue weighted by molar-refractivity contribution is -0.114. The van der Waals surface area contributed by atoms with Crippen molar-refractivity contribution in [3.63, 3.8) is 0 Å². The number of carbonyl (C=O) groups is 2. The Morgan fingerprint density at radius 1 is 1.13 bits per heavy atom. The van der Waals surface area contributed by atoms with Gasteiger partial charge in [-0.25, -0.2) is 0 Å². The van der Waals surface area contributed by atoms with E-state index in [1.807, 2.05) is 31.2 Å². The van der Waals surface area contributed by atoms with Crippen LogP contribution in [0, 0.1) is 6.92 Å². The highest BCUT2D eigenvalue weighted by Gasteiger charge is 2.13. The lowest BCUT2D eigenvalue weighted by atomic mass is 10.1. The van der Waals surface area contributed by atoms with Gasteiger partial charge in [0.05, 0.1) is 12.7 Å². The Labute approximate surface area is 135 Å². The van der Waals surface area contributed by atoms with Crippen molar-refractivity contribution < 1.29 is 14.3 Å². The largest absolute Gasteiger partial charge is 0.496 e. The maximum Gasteiger partial charge on any atom is 0.255 e. The van der Waals surface area contributed by atoms with Gasteiger partial charge < -0.3 is 15.4 Å². The minimum Gasteiger partial charge on any atom is -0.496 e. The molecule has 2 N–H and O–H groups in total. The molecule has 2 rings (SSSR count). The van der Waals surface area contributed by atoms with Crippen LogP contribution in [0.3, 0.4) is 0 Å². The number of methoxy groups -OCH3 is 1. The number of hydrogen-bond acceptors (Lipinski definition) is 3. The second-order valence-corrected chi connectivity index (χ2v) is 5.21. The number of hydrogen-bond donors (Lipinski definition) is 2. The van der Waals surface area contributed by atoms with Gasteiger partial charge in [0, 0.05) is 19.2 Å². The third-order valence-electron chi connectivity index (χ3n) is 3.47. The fourth-order valence-corrected chi connectivity index (χ4v) is 2.25. The Balaban J connectivity index is 2.17. The normalized spacial score (nSPS) is 10.0. The molecule has 0 fully saturated rings. The summed E-state index contributed by atoms with van der Waals surface area (Å²) >= 11 is 0. The molecule has 0 aromatic heterocycles. The zero-order chi connectivity index (χ0) is 16.8. The molecular weight excluding hydrogens is 292 g/mol. The smallest absolute Gasteiger partial charge is 0.255 e. The molecule has 2 amide bonds. The number of amides is 2. The van der Waals surface area contributed by atoms with Gasteiger partial charge in [0.2, 0.25) is 5.91 Å². The molecule has 23 heavy (non-hydrogen) atoms. The highest BCUT2D eigenvalue weighted by Crippen LogP contribution is 2.23. The van der Waals surface area contributed by atoms with Crippen LogP contribution in [0.1, 0.15) is 28.4 Å². The maximum absolute atomic E-state index is 12.4. The Hall–Kier alpha value is -2.82. The molecule has 5 nitrogen and oxygen atoms in total. The minimum absolute atomic E-state index is 0.193. The summed E-state index contributed by atoms with van der Waals surface area (Å²) in [5.74, 6) is 0.0140. The molecule has 0 bridgehead atoms. The molecule has 0 atom stereocenters. The Bertz CT molecular complexity index is 726. The van der Waals surface area contributed by atoms with Crippen LogP contribution in [-0.4, -0.2) is 18.9 Å². The zero-order valence-electron chi connectivity index (χ0n) is 13.5. The average Bonchev–Trinajstić information content (AvgIpc) is 2.53. The van der Waals surface area contributed by atoms with Crippen LogP contribution in [0.4, 0.5) is 5.69 Å². The molecule has 5 heteroatoms. The number of carbonyl (C=O) groups excluding carboxylic acids is 2. The molecular formula is C18H20N2O3. The molecule has 0 spiro atoms. The number of aryl methyl sites for hydroxylation is 1. The molecule has 0 aliphatic rings. The van der Waals surface area contributed by atoms with Crippen molar-refractivity contribution in [1.29, 1.82) is 0 Å². The van der Waals surface area contributed by atoms with E-state index >= 15 is 0 Å². The quantitative estimate of drug-likeness (QED) is 0.892. The van der Waals surface area contributed by atoms with Crippen LogP contribution < -0.4 is 15.4 Å². The first kappa shape index (κ1) is 16.5. The first-order chi connectivity index (χ1) is 11.0. The van der Waals surface area contributed by atoms with Crippen molar-refractivity contribution in [2.75, 3.05) is 12.4 Å². The Morgan fingerprint density at radius 2 is 1.87 bits per heavy atom. The summed E-state index contributed by atoms with van der Waals surface area (Å²) < 4.78 is 5.23. The molecule has 120 valence electrons. The van der Waals surface area contributed by atoms with Gasteiger partial charge >= 0.3 is 0 Å². The zero-order valence-corrected chi connectivity index (χ0v) is 13.5. The third-order valence-corrected chi connectivity index (χ3v) is 3.47. The van der Waals surface area contributed by atoms with E-state index in [4.69, 9.17) is 4.74 Å². The van der Waals surface area contributed by atoms with Crippen molar-refractivity contribution >= 4 is 17.5 Å². The maximum atomic E-state index is 12.4. The van der Waals surface area contributed by atoms with E-state index in [2.05, 4.69) is 10.6 Å². The summed E-state index contributed by atoms with van der Waals surface area (Å²) in [4.78, 5) is 23.6. The van der Waals surface area contributed by atoms with E-state index < -0.39 is 0 Å². The SMILES string of the molecule is COc1ccc(NC(C)=O)cc1C(=O)NCc1ccccc1C. The van der Waals surface area contributed by atoms with Gasteiger partial charge in [-0.1, -0.05) is 24.3 Å². The monoisotopic (exact) mass is 312 g/mol. The molecule has 0 unspecified atom stereocenters. The third kappa shape index (κ3) is 4.32. The predicted molar refractivity (Wildman–Crippen MR) is 89.6 cm³/mol. The minimum atomic E-state index is -0.252. The van der Waals surface area contributed by atoms with Crippen LogP contribution in [-0.2, 0) is 11.3 Å². The second kappa shape index (κ2) is 7.45. The molecule has 0 heterocycles. The number of benzene rings is 2. The summed E-state index contributed by atoms with van der Waals surface area (Å²) in [6.07, 6.45) is 0. The van der Waals surface area contributed by atoms with Gasteiger partial charge in [0.15, 0.2) is 0 Å². The van der Waals surface area contributed by atoms with Crippen LogP contribution in [0.25, 0.3) is 0 Å². The van der Waals surface area contributed by atoms with E-state index in [1.54, 1.807) is 18.2 Å². The fourth-order valence-electron chi connectivity index (χ4n) is 2.25.